The van der Waals surface area contributed by atoms with E-state index in [1.165, 1.54) is 0 Å². The van der Waals surface area contributed by atoms with Crippen molar-refractivity contribution in [2.75, 3.05) is 0 Å². The van der Waals surface area contributed by atoms with E-state index >= 15 is 0 Å². The molecular weight excluding hydrogens is 482 g/mol. The Bertz CT molecular complexity index is 1420. The molecule has 2 aliphatic rings. The molecule has 1 saturated carbocycles. The highest BCUT2D eigenvalue weighted by atomic mass is 35.5. The van der Waals surface area contributed by atoms with E-state index in [0.717, 1.165) is 16.7 Å². The van der Waals surface area contributed by atoms with Gasteiger partial charge in [-0.1, -0.05) is 78.3 Å². The minimum Gasteiger partial charge on any atom is -0.481 e. The van der Waals surface area contributed by atoms with E-state index in [4.69, 9.17) is 16.3 Å². The van der Waals surface area contributed by atoms with Crippen LogP contribution in [0.3, 0.4) is 0 Å². The number of hydrazone groups is 1. The molecule has 0 radical (unpaired) electrons. The van der Waals surface area contributed by atoms with Crippen molar-refractivity contribution in [1.82, 2.24) is 5.43 Å². The van der Waals surface area contributed by atoms with Crippen molar-refractivity contribution in [1.29, 1.82) is 0 Å². The van der Waals surface area contributed by atoms with Crippen LogP contribution in [-0.4, -0.2) is 34.5 Å². The monoisotopic (exact) mass is 501 g/mol. The summed E-state index contributed by atoms with van der Waals surface area (Å²) >= 11 is 6.07. The first-order valence-corrected chi connectivity index (χ1v) is 11.6. The molecule has 2 N–H and O–H groups in total. The number of halogens is 1. The molecule has 36 heavy (non-hydrogen) atoms. The van der Waals surface area contributed by atoms with Gasteiger partial charge in [0.2, 0.25) is 0 Å². The number of carboxylic acids is 1. The van der Waals surface area contributed by atoms with Crippen molar-refractivity contribution in [2.24, 2.45) is 10.1 Å². The quantitative estimate of drug-likeness (QED) is 0.506. The second kappa shape index (κ2) is 9.39. The Labute approximate surface area is 211 Å². The fourth-order valence-electron chi connectivity index (χ4n) is 4.06. The van der Waals surface area contributed by atoms with Crippen LogP contribution in [0.15, 0.2) is 82.9 Å². The fourth-order valence-corrected chi connectivity index (χ4v) is 4.25. The van der Waals surface area contributed by atoms with Gasteiger partial charge in [0.15, 0.2) is 5.71 Å². The SMILES string of the molecule is O=C(/N=C1\C(=O)NN=C1c1ccc(-c2ccc(C3(C(=O)O)CC3)cc2)cc1)OCc1ccccc1Cl. The largest absolute Gasteiger partial charge is 0.481 e. The van der Waals surface area contributed by atoms with Crippen LogP contribution in [0.4, 0.5) is 4.79 Å². The maximum Gasteiger partial charge on any atom is 0.434 e. The normalized spacial score (nSPS) is 16.9. The first kappa shape index (κ1) is 23.4. The Balaban J connectivity index is 1.30. The number of carbonyl (C=O) groups is 3. The lowest BCUT2D eigenvalue weighted by molar-refractivity contribution is -0.140. The second-order valence-electron chi connectivity index (χ2n) is 8.55. The predicted molar refractivity (Wildman–Crippen MR) is 134 cm³/mol. The van der Waals surface area contributed by atoms with E-state index in [1.54, 1.807) is 36.4 Å². The van der Waals surface area contributed by atoms with Gasteiger partial charge in [0.1, 0.15) is 12.3 Å². The van der Waals surface area contributed by atoms with Gasteiger partial charge in [-0.05, 0) is 35.6 Å². The zero-order chi connectivity index (χ0) is 25.3. The zero-order valence-electron chi connectivity index (χ0n) is 18.9. The van der Waals surface area contributed by atoms with E-state index in [2.05, 4.69) is 15.5 Å². The smallest absolute Gasteiger partial charge is 0.434 e. The highest BCUT2D eigenvalue weighted by Gasteiger charge is 2.51. The molecule has 2 amide bonds. The number of carbonyl (C=O) groups excluding carboxylic acids is 2. The molecule has 1 fully saturated rings. The lowest BCUT2D eigenvalue weighted by Gasteiger charge is -2.11. The first-order chi connectivity index (χ1) is 17.4. The number of rotatable bonds is 6. The molecule has 0 atom stereocenters. The number of hydrogen-bond acceptors (Lipinski definition) is 5. The number of nitrogens with one attached hydrogen (secondary N) is 1. The third-order valence-electron chi connectivity index (χ3n) is 6.31. The summed E-state index contributed by atoms with van der Waals surface area (Å²) in [5, 5.41) is 14.0. The predicted octanol–water partition coefficient (Wildman–Crippen LogP) is 4.73. The second-order valence-corrected chi connectivity index (χ2v) is 8.96. The van der Waals surface area contributed by atoms with Crippen molar-refractivity contribution >= 4 is 41.0 Å². The van der Waals surface area contributed by atoms with E-state index < -0.39 is 23.4 Å². The summed E-state index contributed by atoms with van der Waals surface area (Å²) in [6, 6.07) is 21.7. The fraction of sp³-hybridized carbons (Fsp3) is 0.148. The summed E-state index contributed by atoms with van der Waals surface area (Å²) in [6.07, 6.45) is 0.381. The van der Waals surface area contributed by atoms with Gasteiger partial charge in [-0.3, -0.25) is 9.59 Å². The van der Waals surface area contributed by atoms with Crippen molar-refractivity contribution in [2.45, 2.75) is 24.9 Å². The Morgan fingerprint density at radius 2 is 1.58 bits per heavy atom. The highest BCUT2D eigenvalue weighted by Crippen LogP contribution is 2.48. The number of aliphatic carboxylic acids is 1. The molecule has 3 aromatic rings. The molecule has 1 aliphatic heterocycles. The summed E-state index contributed by atoms with van der Waals surface area (Å²) < 4.78 is 5.15. The average molecular weight is 502 g/mol. The lowest BCUT2D eigenvalue weighted by atomic mass is 9.93. The van der Waals surface area contributed by atoms with Crippen molar-refractivity contribution in [3.8, 4) is 11.1 Å². The van der Waals surface area contributed by atoms with Crippen molar-refractivity contribution in [3.63, 3.8) is 0 Å². The summed E-state index contributed by atoms with van der Waals surface area (Å²) in [5.74, 6) is -1.39. The van der Waals surface area contributed by atoms with Crippen LogP contribution < -0.4 is 5.43 Å². The number of carboxylic acid groups (broad SMARTS) is 1. The Morgan fingerprint density at radius 3 is 2.19 bits per heavy atom. The molecule has 5 rings (SSSR count). The van der Waals surface area contributed by atoms with Crippen LogP contribution in [0.25, 0.3) is 11.1 Å². The van der Waals surface area contributed by atoms with Crippen LogP contribution >= 0.6 is 11.6 Å². The van der Waals surface area contributed by atoms with Gasteiger partial charge >= 0.3 is 12.1 Å². The zero-order valence-corrected chi connectivity index (χ0v) is 19.7. The molecule has 0 bridgehead atoms. The Morgan fingerprint density at radius 1 is 0.972 bits per heavy atom. The average Bonchev–Trinajstić information content (AvgIpc) is 3.63. The molecule has 1 aliphatic carbocycles. The number of amides is 2. The minimum absolute atomic E-state index is 0.0789. The molecule has 0 spiro atoms. The standard InChI is InChI=1S/C27H20ClN3O5/c28-21-4-2-1-3-19(21)15-36-26(35)29-23-22(30-31-24(23)32)18-7-5-16(6-8-18)17-9-11-20(12-10-17)27(13-14-27)25(33)34/h1-12H,13-15H2,(H,33,34)(H,29,31,32,35). The molecule has 9 heteroatoms. The van der Waals surface area contributed by atoms with Crippen LogP contribution in [0.5, 0.6) is 0 Å². The Hall–Kier alpha value is -4.30. The lowest BCUT2D eigenvalue weighted by Crippen LogP contribution is -2.25. The topological polar surface area (TPSA) is 117 Å². The molecule has 1 heterocycles. The van der Waals surface area contributed by atoms with E-state index in [1.807, 2.05) is 36.4 Å². The highest BCUT2D eigenvalue weighted by molar-refractivity contribution is 6.72. The van der Waals surface area contributed by atoms with Gasteiger partial charge in [0, 0.05) is 16.1 Å². The number of benzene rings is 3. The van der Waals surface area contributed by atoms with Crippen molar-refractivity contribution < 1.29 is 24.2 Å². The summed E-state index contributed by atoms with van der Waals surface area (Å²) in [6.45, 7) is -0.0789. The number of hydrogen-bond donors (Lipinski definition) is 2. The van der Waals surface area contributed by atoms with Gasteiger partial charge in [-0.25, -0.2) is 10.2 Å². The summed E-state index contributed by atoms with van der Waals surface area (Å²) in [4.78, 5) is 39.9. The summed E-state index contributed by atoms with van der Waals surface area (Å²) in [7, 11) is 0. The number of ether oxygens (including phenoxy) is 1. The summed E-state index contributed by atoms with van der Waals surface area (Å²) in [5.41, 5.74) is 5.52. The first-order valence-electron chi connectivity index (χ1n) is 11.2. The maximum atomic E-state index is 12.3. The van der Waals surface area contributed by atoms with Crippen LogP contribution in [0.1, 0.15) is 29.5 Å². The van der Waals surface area contributed by atoms with Gasteiger partial charge in [0.05, 0.1) is 5.41 Å². The van der Waals surface area contributed by atoms with Gasteiger partial charge < -0.3 is 9.84 Å². The number of nitrogens with zero attached hydrogens (tertiary/aromatic N) is 2. The van der Waals surface area contributed by atoms with E-state index in [9.17, 15) is 19.5 Å². The Kier molecular flexibility index (Phi) is 6.12. The van der Waals surface area contributed by atoms with Crippen LogP contribution in [0, 0.1) is 0 Å². The van der Waals surface area contributed by atoms with E-state index in [-0.39, 0.29) is 18.0 Å². The third kappa shape index (κ3) is 4.50. The molecule has 180 valence electrons. The molecule has 0 saturated heterocycles. The van der Waals surface area contributed by atoms with Crippen molar-refractivity contribution in [3.05, 3.63) is 94.5 Å². The van der Waals surface area contributed by atoms with Gasteiger partial charge in [-0.15, -0.1) is 0 Å². The molecule has 0 unspecified atom stereocenters. The maximum absolute atomic E-state index is 12.3. The third-order valence-corrected chi connectivity index (χ3v) is 6.68. The molecule has 3 aromatic carbocycles. The molecule has 0 aromatic heterocycles. The van der Waals surface area contributed by atoms with Crippen LogP contribution in [-0.2, 0) is 26.3 Å². The van der Waals surface area contributed by atoms with Gasteiger partial charge in [-0.2, -0.15) is 10.1 Å². The van der Waals surface area contributed by atoms with E-state index in [0.29, 0.717) is 29.0 Å². The molecular formula is C27H20ClN3O5. The van der Waals surface area contributed by atoms with Gasteiger partial charge in [0.25, 0.3) is 5.91 Å². The van der Waals surface area contributed by atoms with Crippen LogP contribution in [0.2, 0.25) is 5.02 Å². The minimum atomic E-state index is -0.929. The molecule has 8 nitrogen and oxygen atoms in total. The number of aliphatic imine (C=N–C) groups is 1.